The minimum atomic E-state index is 0.143. The third-order valence-corrected chi connectivity index (χ3v) is 3.96. The number of carbonyl (C=O) groups excluding carboxylic acids is 1. The maximum Gasteiger partial charge on any atom is 0.220 e. The van der Waals surface area contributed by atoms with Gasteiger partial charge in [0.05, 0.1) is 6.54 Å². The fourth-order valence-electron chi connectivity index (χ4n) is 2.04. The molecule has 0 radical (unpaired) electrons. The molecule has 2 rings (SSSR count). The Morgan fingerprint density at radius 2 is 2.59 bits per heavy atom. The van der Waals surface area contributed by atoms with Crippen LogP contribution < -0.4 is 10.6 Å². The molecule has 1 aromatic heterocycles. The maximum atomic E-state index is 11.6. The molecular weight excluding hydrogens is 234 g/mol. The number of thiazole rings is 1. The zero-order valence-corrected chi connectivity index (χ0v) is 11.0. The lowest BCUT2D eigenvalue weighted by molar-refractivity contribution is -0.121. The second-order valence-electron chi connectivity index (χ2n) is 4.54. The minimum Gasteiger partial charge on any atom is -0.350 e. The van der Waals surface area contributed by atoms with Gasteiger partial charge in [0.25, 0.3) is 0 Å². The van der Waals surface area contributed by atoms with Gasteiger partial charge in [0.1, 0.15) is 5.01 Å². The first-order valence-corrected chi connectivity index (χ1v) is 6.94. The van der Waals surface area contributed by atoms with Gasteiger partial charge < -0.3 is 10.6 Å². The number of nitrogens with one attached hydrogen (secondary N) is 2. The van der Waals surface area contributed by atoms with Crippen LogP contribution in [0, 0.1) is 12.8 Å². The summed E-state index contributed by atoms with van der Waals surface area (Å²) >= 11 is 1.64. The largest absolute Gasteiger partial charge is 0.350 e. The van der Waals surface area contributed by atoms with E-state index in [1.54, 1.807) is 11.3 Å². The lowest BCUT2D eigenvalue weighted by atomic mass is 10.0. The van der Waals surface area contributed by atoms with Crippen molar-refractivity contribution in [3.05, 3.63) is 16.1 Å². The van der Waals surface area contributed by atoms with Crippen molar-refractivity contribution >= 4 is 17.2 Å². The van der Waals surface area contributed by atoms with Crippen LogP contribution in [0.5, 0.6) is 0 Å². The summed E-state index contributed by atoms with van der Waals surface area (Å²) in [6.07, 6.45) is 4.68. The van der Waals surface area contributed by atoms with Crippen LogP contribution in [0.15, 0.2) is 6.20 Å². The highest BCUT2D eigenvalue weighted by atomic mass is 32.1. The molecule has 0 aliphatic carbocycles. The Labute approximate surface area is 106 Å². The summed E-state index contributed by atoms with van der Waals surface area (Å²) in [6.45, 7) is 4.76. The highest BCUT2D eigenvalue weighted by molar-refractivity contribution is 7.11. The van der Waals surface area contributed by atoms with Gasteiger partial charge in [0, 0.05) is 17.5 Å². The van der Waals surface area contributed by atoms with E-state index in [0.29, 0.717) is 18.9 Å². The Balaban J connectivity index is 1.63. The van der Waals surface area contributed by atoms with E-state index in [1.165, 1.54) is 11.3 Å². The van der Waals surface area contributed by atoms with Crippen molar-refractivity contribution in [3.8, 4) is 0 Å². The van der Waals surface area contributed by atoms with E-state index in [-0.39, 0.29) is 5.91 Å². The summed E-state index contributed by atoms with van der Waals surface area (Å²) in [7, 11) is 0. The standard InChI is InChI=1S/C12H19N3OS/c1-9-6-15-12(17-9)8-14-11(16)3-2-10-4-5-13-7-10/h6,10,13H,2-5,7-8H2,1H3,(H,14,16). The number of nitrogens with zero attached hydrogens (tertiary/aromatic N) is 1. The predicted octanol–water partition coefficient (Wildman–Crippen LogP) is 1.46. The van der Waals surface area contributed by atoms with Gasteiger partial charge >= 0.3 is 0 Å². The molecule has 0 aromatic carbocycles. The van der Waals surface area contributed by atoms with Crippen LogP contribution in [0.25, 0.3) is 0 Å². The highest BCUT2D eigenvalue weighted by Gasteiger charge is 2.15. The molecule has 1 saturated heterocycles. The van der Waals surface area contributed by atoms with Gasteiger partial charge in [-0.2, -0.15) is 0 Å². The van der Waals surface area contributed by atoms with Crippen molar-refractivity contribution in [3.63, 3.8) is 0 Å². The Hall–Kier alpha value is -0.940. The quantitative estimate of drug-likeness (QED) is 0.835. The molecule has 2 heterocycles. The molecule has 0 bridgehead atoms. The van der Waals surface area contributed by atoms with E-state index in [9.17, 15) is 4.79 Å². The molecule has 1 aliphatic heterocycles. The molecule has 1 fully saturated rings. The van der Waals surface area contributed by atoms with Gasteiger partial charge in [0.15, 0.2) is 0 Å². The van der Waals surface area contributed by atoms with E-state index in [0.717, 1.165) is 24.5 Å². The van der Waals surface area contributed by atoms with E-state index in [1.807, 2.05) is 13.1 Å². The van der Waals surface area contributed by atoms with E-state index in [2.05, 4.69) is 15.6 Å². The third-order valence-electron chi connectivity index (χ3n) is 3.05. The summed E-state index contributed by atoms with van der Waals surface area (Å²) in [5.41, 5.74) is 0. The first kappa shape index (κ1) is 12.5. The van der Waals surface area contributed by atoms with Crippen molar-refractivity contribution in [2.45, 2.75) is 32.7 Å². The molecular formula is C12H19N3OS. The van der Waals surface area contributed by atoms with Gasteiger partial charge in [-0.3, -0.25) is 4.79 Å². The molecule has 17 heavy (non-hydrogen) atoms. The molecule has 1 unspecified atom stereocenters. The first-order valence-electron chi connectivity index (χ1n) is 6.13. The Morgan fingerprint density at radius 1 is 1.71 bits per heavy atom. The molecule has 1 aliphatic rings. The van der Waals surface area contributed by atoms with Crippen LogP contribution in [0.4, 0.5) is 0 Å². The molecule has 1 atom stereocenters. The average Bonchev–Trinajstić information content (AvgIpc) is 2.95. The van der Waals surface area contributed by atoms with Crippen molar-refractivity contribution in [2.24, 2.45) is 5.92 Å². The summed E-state index contributed by atoms with van der Waals surface area (Å²) in [5.74, 6) is 0.826. The average molecular weight is 253 g/mol. The van der Waals surface area contributed by atoms with Crippen LogP contribution in [0.2, 0.25) is 0 Å². The fraction of sp³-hybridized carbons (Fsp3) is 0.667. The predicted molar refractivity (Wildman–Crippen MR) is 68.9 cm³/mol. The normalized spacial score (nSPS) is 19.5. The molecule has 4 nitrogen and oxygen atoms in total. The Kier molecular flexibility index (Phi) is 4.50. The smallest absolute Gasteiger partial charge is 0.220 e. The van der Waals surface area contributed by atoms with Gasteiger partial charge in [0.2, 0.25) is 5.91 Å². The number of amides is 1. The van der Waals surface area contributed by atoms with E-state index < -0.39 is 0 Å². The number of carbonyl (C=O) groups is 1. The SMILES string of the molecule is Cc1cnc(CNC(=O)CCC2CCNC2)s1. The monoisotopic (exact) mass is 253 g/mol. The van der Waals surface area contributed by atoms with Crippen LogP contribution in [0.1, 0.15) is 29.1 Å². The first-order chi connectivity index (χ1) is 8.24. The number of aryl methyl sites for hydroxylation is 1. The highest BCUT2D eigenvalue weighted by Crippen LogP contribution is 2.14. The zero-order chi connectivity index (χ0) is 12.1. The molecule has 0 saturated carbocycles. The molecule has 94 valence electrons. The van der Waals surface area contributed by atoms with Gasteiger partial charge in [-0.15, -0.1) is 11.3 Å². The Bertz CT molecular complexity index is 372. The summed E-state index contributed by atoms with van der Waals surface area (Å²) < 4.78 is 0. The van der Waals surface area contributed by atoms with Crippen LogP contribution >= 0.6 is 11.3 Å². The molecule has 1 amide bonds. The Morgan fingerprint density at radius 3 is 3.24 bits per heavy atom. The zero-order valence-electron chi connectivity index (χ0n) is 10.2. The number of rotatable bonds is 5. The van der Waals surface area contributed by atoms with Crippen molar-refractivity contribution < 1.29 is 4.79 Å². The second kappa shape index (κ2) is 6.12. The summed E-state index contributed by atoms with van der Waals surface area (Å²) in [6, 6.07) is 0. The van der Waals surface area contributed by atoms with E-state index >= 15 is 0 Å². The van der Waals surface area contributed by atoms with E-state index in [4.69, 9.17) is 0 Å². The lowest BCUT2D eigenvalue weighted by Gasteiger charge is -2.07. The fourth-order valence-corrected chi connectivity index (χ4v) is 2.77. The van der Waals surface area contributed by atoms with Gasteiger partial charge in [-0.1, -0.05) is 0 Å². The lowest BCUT2D eigenvalue weighted by Crippen LogP contribution is -2.23. The maximum absolute atomic E-state index is 11.6. The number of hydrogen-bond donors (Lipinski definition) is 2. The van der Waals surface area contributed by atoms with Crippen molar-refractivity contribution in [2.75, 3.05) is 13.1 Å². The van der Waals surface area contributed by atoms with Crippen LogP contribution in [-0.2, 0) is 11.3 Å². The number of hydrogen-bond acceptors (Lipinski definition) is 4. The molecule has 1 aromatic rings. The molecule has 2 N–H and O–H groups in total. The molecule has 5 heteroatoms. The number of aromatic nitrogens is 1. The van der Waals surface area contributed by atoms with Crippen LogP contribution in [0.3, 0.4) is 0 Å². The second-order valence-corrected chi connectivity index (χ2v) is 5.86. The van der Waals surface area contributed by atoms with Crippen LogP contribution in [-0.4, -0.2) is 24.0 Å². The van der Waals surface area contributed by atoms with Gasteiger partial charge in [-0.05, 0) is 38.8 Å². The third kappa shape index (κ3) is 4.09. The van der Waals surface area contributed by atoms with Crippen molar-refractivity contribution in [1.29, 1.82) is 0 Å². The van der Waals surface area contributed by atoms with Crippen molar-refractivity contribution in [1.82, 2.24) is 15.6 Å². The molecule has 0 spiro atoms. The van der Waals surface area contributed by atoms with Gasteiger partial charge in [-0.25, -0.2) is 4.98 Å². The minimum absolute atomic E-state index is 0.143. The summed E-state index contributed by atoms with van der Waals surface area (Å²) in [5, 5.41) is 7.23. The topological polar surface area (TPSA) is 54.0 Å². The summed E-state index contributed by atoms with van der Waals surface area (Å²) in [4.78, 5) is 17.0.